The van der Waals surface area contributed by atoms with Gasteiger partial charge in [-0.05, 0) is 58.8 Å². The van der Waals surface area contributed by atoms with E-state index >= 15 is 0 Å². The maximum absolute atomic E-state index is 4.47. The van der Waals surface area contributed by atoms with Crippen molar-refractivity contribution in [1.82, 2.24) is 14.7 Å². The van der Waals surface area contributed by atoms with Crippen LogP contribution in [0.3, 0.4) is 0 Å². The number of hydrogen-bond donors (Lipinski definition) is 0. The number of nitrogens with zero attached hydrogens (tertiary/aromatic N) is 3. The van der Waals surface area contributed by atoms with Crippen LogP contribution in [0.5, 0.6) is 0 Å². The van der Waals surface area contributed by atoms with Gasteiger partial charge in [0.2, 0.25) is 0 Å². The van der Waals surface area contributed by atoms with Crippen LogP contribution in [0.2, 0.25) is 0 Å². The number of aromatic nitrogens is 2. The summed E-state index contributed by atoms with van der Waals surface area (Å²) in [6, 6.07) is 2.15. The molecular formula is C12H21N3. The van der Waals surface area contributed by atoms with Crippen LogP contribution in [-0.4, -0.2) is 34.3 Å². The predicted octanol–water partition coefficient (Wildman–Crippen LogP) is 1.99. The van der Waals surface area contributed by atoms with E-state index in [4.69, 9.17) is 0 Å². The van der Waals surface area contributed by atoms with Crippen molar-refractivity contribution in [3.05, 3.63) is 17.5 Å². The molecule has 1 aromatic heterocycles. The predicted molar refractivity (Wildman–Crippen MR) is 62.0 cm³/mol. The summed E-state index contributed by atoms with van der Waals surface area (Å²) < 4.78 is 2.13. The molecule has 84 valence electrons. The summed E-state index contributed by atoms with van der Waals surface area (Å²) in [5.74, 6) is 0. The van der Waals surface area contributed by atoms with Crippen molar-refractivity contribution in [2.24, 2.45) is 0 Å². The zero-order valence-electron chi connectivity index (χ0n) is 9.87. The molecular weight excluding hydrogens is 186 g/mol. The fourth-order valence-electron chi connectivity index (χ4n) is 2.35. The minimum atomic E-state index is 1.07. The van der Waals surface area contributed by atoms with Crippen molar-refractivity contribution >= 4 is 0 Å². The molecule has 1 fully saturated rings. The topological polar surface area (TPSA) is 21.1 Å². The second kappa shape index (κ2) is 4.79. The van der Waals surface area contributed by atoms with E-state index in [-0.39, 0.29) is 0 Å². The van der Waals surface area contributed by atoms with Gasteiger partial charge in [-0.1, -0.05) is 0 Å². The van der Waals surface area contributed by atoms with E-state index in [1.165, 1.54) is 44.6 Å². The molecule has 1 saturated heterocycles. The summed E-state index contributed by atoms with van der Waals surface area (Å²) in [6.45, 7) is 9.10. The van der Waals surface area contributed by atoms with Crippen molar-refractivity contribution in [1.29, 1.82) is 0 Å². The molecule has 1 aliphatic heterocycles. The Balaban J connectivity index is 1.75. The molecule has 1 aromatic rings. The highest BCUT2D eigenvalue weighted by Crippen LogP contribution is 2.08. The van der Waals surface area contributed by atoms with E-state index < -0.39 is 0 Å². The van der Waals surface area contributed by atoms with Crippen LogP contribution in [0.15, 0.2) is 6.07 Å². The molecule has 0 radical (unpaired) electrons. The third kappa shape index (κ3) is 2.81. The Labute approximate surface area is 92.1 Å². The monoisotopic (exact) mass is 207 g/mol. The fourth-order valence-corrected chi connectivity index (χ4v) is 2.35. The lowest BCUT2D eigenvalue weighted by Gasteiger charge is -2.14. The van der Waals surface area contributed by atoms with E-state index in [0.717, 1.165) is 12.2 Å². The van der Waals surface area contributed by atoms with E-state index in [1.54, 1.807) is 0 Å². The van der Waals surface area contributed by atoms with Gasteiger partial charge in [-0.3, -0.25) is 4.68 Å². The van der Waals surface area contributed by atoms with E-state index in [1.807, 2.05) is 0 Å². The van der Waals surface area contributed by atoms with Gasteiger partial charge in [0.05, 0.1) is 5.69 Å². The van der Waals surface area contributed by atoms with Gasteiger partial charge in [0.15, 0.2) is 0 Å². The van der Waals surface area contributed by atoms with Gasteiger partial charge in [-0.15, -0.1) is 0 Å². The molecule has 0 spiro atoms. The molecule has 3 nitrogen and oxygen atoms in total. The molecule has 1 aliphatic rings. The molecule has 0 aliphatic carbocycles. The van der Waals surface area contributed by atoms with E-state index in [0.29, 0.717) is 0 Å². The summed E-state index contributed by atoms with van der Waals surface area (Å²) in [7, 11) is 0. The van der Waals surface area contributed by atoms with Crippen LogP contribution in [-0.2, 0) is 6.54 Å². The molecule has 0 amide bonds. The van der Waals surface area contributed by atoms with Gasteiger partial charge in [0.1, 0.15) is 0 Å². The van der Waals surface area contributed by atoms with Crippen molar-refractivity contribution < 1.29 is 0 Å². The Bertz CT molecular complexity index is 311. The van der Waals surface area contributed by atoms with Gasteiger partial charge in [-0.2, -0.15) is 5.10 Å². The Hall–Kier alpha value is -0.830. The average Bonchev–Trinajstić information content (AvgIpc) is 2.77. The quantitative estimate of drug-likeness (QED) is 0.753. The number of rotatable bonds is 4. The average molecular weight is 207 g/mol. The highest BCUT2D eigenvalue weighted by molar-refractivity contribution is 5.06. The van der Waals surface area contributed by atoms with Crippen LogP contribution < -0.4 is 0 Å². The number of aryl methyl sites for hydroxylation is 3. The standard InChI is InChI=1S/C12H21N3/c1-11-10-12(2)15(13-11)9-5-8-14-6-3-4-7-14/h10H,3-9H2,1-2H3. The summed E-state index contributed by atoms with van der Waals surface area (Å²) in [5, 5.41) is 4.47. The van der Waals surface area contributed by atoms with Crippen LogP contribution >= 0.6 is 0 Å². The van der Waals surface area contributed by atoms with Crippen LogP contribution in [0.1, 0.15) is 30.7 Å². The molecule has 2 heterocycles. The van der Waals surface area contributed by atoms with Crippen LogP contribution in [0.25, 0.3) is 0 Å². The van der Waals surface area contributed by atoms with Crippen molar-refractivity contribution in [2.75, 3.05) is 19.6 Å². The number of hydrogen-bond acceptors (Lipinski definition) is 2. The molecule has 3 heteroatoms. The summed E-state index contributed by atoms with van der Waals surface area (Å²) in [6.07, 6.45) is 4.00. The van der Waals surface area contributed by atoms with Gasteiger partial charge in [0.25, 0.3) is 0 Å². The SMILES string of the molecule is Cc1cc(C)n(CCCN2CCCC2)n1. The molecule has 0 unspecified atom stereocenters. The highest BCUT2D eigenvalue weighted by atomic mass is 15.3. The van der Waals surface area contributed by atoms with Crippen molar-refractivity contribution in [3.8, 4) is 0 Å². The second-order valence-corrected chi connectivity index (χ2v) is 4.55. The third-order valence-corrected chi connectivity index (χ3v) is 3.15. The summed E-state index contributed by atoms with van der Waals surface area (Å²) >= 11 is 0. The smallest absolute Gasteiger partial charge is 0.0596 e. The lowest BCUT2D eigenvalue weighted by molar-refractivity contribution is 0.321. The Kier molecular flexibility index (Phi) is 3.41. The first-order valence-electron chi connectivity index (χ1n) is 5.99. The van der Waals surface area contributed by atoms with E-state index in [2.05, 4.69) is 34.6 Å². The zero-order chi connectivity index (χ0) is 10.7. The first-order chi connectivity index (χ1) is 7.25. The first-order valence-corrected chi connectivity index (χ1v) is 5.99. The fraction of sp³-hybridized carbons (Fsp3) is 0.750. The Morgan fingerprint density at radius 3 is 2.53 bits per heavy atom. The molecule has 0 saturated carbocycles. The summed E-state index contributed by atoms with van der Waals surface area (Å²) in [4.78, 5) is 2.56. The zero-order valence-corrected chi connectivity index (χ0v) is 9.87. The van der Waals surface area contributed by atoms with Gasteiger partial charge in [0, 0.05) is 12.2 Å². The van der Waals surface area contributed by atoms with E-state index in [9.17, 15) is 0 Å². The van der Waals surface area contributed by atoms with Gasteiger partial charge < -0.3 is 4.90 Å². The molecule has 2 rings (SSSR count). The molecule has 0 bridgehead atoms. The lowest BCUT2D eigenvalue weighted by atomic mass is 10.3. The van der Waals surface area contributed by atoms with Crippen molar-refractivity contribution in [2.45, 2.75) is 39.7 Å². The number of likely N-dealkylation sites (tertiary alicyclic amines) is 1. The maximum atomic E-state index is 4.47. The van der Waals surface area contributed by atoms with Gasteiger partial charge >= 0.3 is 0 Å². The molecule has 15 heavy (non-hydrogen) atoms. The molecule has 0 atom stereocenters. The molecule has 0 aromatic carbocycles. The minimum absolute atomic E-state index is 1.07. The van der Waals surface area contributed by atoms with Gasteiger partial charge in [-0.25, -0.2) is 0 Å². The second-order valence-electron chi connectivity index (χ2n) is 4.55. The minimum Gasteiger partial charge on any atom is -0.303 e. The largest absolute Gasteiger partial charge is 0.303 e. The maximum Gasteiger partial charge on any atom is 0.0596 e. The normalized spacial score (nSPS) is 17.5. The van der Waals surface area contributed by atoms with Crippen LogP contribution in [0, 0.1) is 13.8 Å². The highest BCUT2D eigenvalue weighted by Gasteiger charge is 2.10. The summed E-state index contributed by atoms with van der Waals surface area (Å²) in [5.41, 5.74) is 2.42. The third-order valence-electron chi connectivity index (χ3n) is 3.15. The van der Waals surface area contributed by atoms with Crippen LogP contribution in [0.4, 0.5) is 0 Å². The first kappa shape index (κ1) is 10.7. The Morgan fingerprint density at radius 2 is 1.93 bits per heavy atom. The Morgan fingerprint density at radius 1 is 1.20 bits per heavy atom. The van der Waals surface area contributed by atoms with Crippen molar-refractivity contribution in [3.63, 3.8) is 0 Å². The molecule has 0 N–H and O–H groups in total. The lowest BCUT2D eigenvalue weighted by Crippen LogP contribution is -2.21.